The zero-order chi connectivity index (χ0) is 10.4. The molecule has 2 atom stereocenters. The second kappa shape index (κ2) is 6.57. The van der Waals surface area contributed by atoms with Gasteiger partial charge in [0.25, 0.3) is 0 Å². The maximum Gasteiger partial charge on any atom is 0.147 e. The second-order valence-corrected chi connectivity index (χ2v) is 6.00. The van der Waals surface area contributed by atoms with Gasteiger partial charge in [-0.25, -0.2) is 0 Å². The van der Waals surface area contributed by atoms with E-state index in [-0.39, 0.29) is 5.25 Å². The first-order valence-electron chi connectivity index (χ1n) is 5.16. The van der Waals surface area contributed by atoms with Crippen LogP contribution >= 0.6 is 23.5 Å². The van der Waals surface area contributed by atoms with E-state index in [4.69, 9.17) is 0 Å². The van der Waals surface area contributed by atoms with Crippen LogP contribution in [0.5, 0.6) is 0 Å². The van der Waals surface area contributed by atoms with Crippen molar-refractivity contribution in [3.8, 4) is 0 Å². The van der Waals surface area contributed by atoms with Gasteiger partial charge in [0.05, 0.1) is 5.25 Å². The van der Waals surface area contributed by atoms with Gasteiger partial charge in [-0.2, -0.15) is 11.8 Å². The molecule has 0 radical (unpaired) electrons. The lowest BCUT2D eigenvalue weighted by Gasteiger charge is -2.28. The molecule has 0 aromatic rings. The highest BCUT2D eigenvalue weighted by Crippen LogP contribution is 2.34. The molecule has 14 heavy (non-hydrogen) atoms. The van der Waals surface area contributed by atoms with Crippen molar-refractivity contribution in [3.63, 3.8) is 0 Å². The summed E-state index contributed by atoms with van der Waals surface area (Å²) in [4.78, 5) is 11.8. The van der Waals surface area contributed by atoms with Crippen molar-refractivity contribution in [2.75, 3.05) is 11.5 Å². The highest BCUT2D eigenvalue weighted by Gasteiger charge is 2.29. The lowest BCUT2D eigenvalue weighted by atomic mass is 10.1. The number of ketones is 1. The minimum atomic E-state index is 0.249. The number of rotatable bonds is 5. The summed E-state index contributed by atoms with van der Waals surface area (Å²) in [5.41, 5.74) is 0. The lowest BCUT2D eigenvalue weighted by molar-refractivity contribution is -0.118. The lowest BCUT2D eigenvalue weighted by Crippen LogP contribution is -2.32. The molecule has 2 unspecified atom stereocenters. The van der Waals surface area contributed by atoms with Crippen molar-refractivity contribution >= 4 is 29.3 Å². The quantitative estimate of drug-likeness (QED) is 0.675. The van der Waals surface area contributed by atoms with Crippen LogP contribution in [-0.2, 0) is 4.79 Å². The fraction of sp³-hybridized carbons (Fsp3) is 0.727. The van der Waals surface area contributed by atoms with E-state index in [0.717, 1.165) is 18.6 Å². The van der Waals surface area contributed by atoms with Gasteiger partial charge in [-0.3, -0.25) is 4.79 Å². The zero-order valence-corrected chi connectivity index (χ0v) is 10.3. The largest absolute Gasteiger partial charge is 0.298 e. The highest BCUT2D eigenvalue weighted by atomic mass is 32.2. The van der Waals surface area contributed by atoms with Crippen molar-refractivity contribution in [1.29, 1.82) is 0 Å². The number of carbonyl (C=O) groups excluding carboxylic acids is 1. The van der Waals surface area contributed by atoms with Crippen LogP contribution in [0.15, 0.2) is 12.7 Å². The van der Waals surface area contributed by atoms with Gasteiger partial charge >= 0.3 is 0 Å². The summed E-state index contributed by atoms with van der Waals surface area (Å²) in [5.74, 6) is 2.76. The molecule has 3 heteroatoms. The fourth-order valence-corrected chi connectivity index (χ4v) is 4.66. The fourth-order valence-electron chi connectivity index (χ4n) is 1.59. The second-order valence-electron chi connectivity index (χ2n) is 3.40. The van der Waals surface area contributed by atoms with Crippen molar-refractivity contribution in [2.24, 2.45) is 0 Å². The van der Waals surface area contributed by atoms with Crippen molar-refractivity contribution < 1.29 is 4.79 Å². The molecule has 1 nitrogen and oxygen atoms in total. The molecule has 0 aromatic heterocycles. The first-order valence-corrected chi connectivity index (χ1v) is 7.26. The Morgan fingerprint density at radius 1 is 1.50 bits per heavy atom. The summed E-state index contributed by atoms with van der Waals surface area (Å²) in [6, 6.07) is 0. The molecule has 0 aromatic carbocycles. The Labute approximate surface area is 95.1 Å². The third-order valence-electron chi connectivity index (χ3n) is 2.36. The number of hydrogen-bond donors (Lipinski definition) is 0. The molecule has 1 rings (SSSR count). The molecule has 0 aliphatic carbocycles. The molecule has 0 saturated carbocycles. The van der Waals surface area contributed by atoms with Crippen LogP contribution in [0.3, 0.4) is 0 Å². The van der Waals surface area contributed by atoms with Crippen molar-refractivity contribution in [2.45, 2.75) is 36.7 Å². The molecule has 0 bridgehead atoms. The van der Waals surface area contributed by atoms with E-state index in [2.05, 4.69) is 13.5 Å². The molecular formula is C11H18OS2. The predicted molar refractivity (Wildman–Crippen MR) is 67.2 cm³/mol. The van der Waals surface area contributed by atoms with E-state index >= 15 is 0 Å². The summed E-state index contributed by atoms with van der Waals surface area (Å²) in [6.45, 7) is 5.83. The van der Waals surface area contributed by atoms with Gasteiger partial charge in [-0.05, 0) is 12.8 Å². The van der Waals surface area contributed by atoms with Gasteiger partial charge in [-0.15, -0.1) is 18.3 Å². The third-order valence-corrected chi connectivity index (χ3v) is 5.66. The molecule has 1 heterocycles. The third kappa shape index (κ3) is 3.35. The van der Waals surface area contributed by atoms with E-state index < -0.39 is 0 Å². The summed E-state index contributed by atoms with van der Waals surface area (Å²) in [7, 11) is 0. The average Bonchev–Trinajstić information content (AvgIpc) is 2.25. The van der Waals surface area contributed by atoms with Gasteiger partial charge in [0.15, 0.2) is 0 Å². The molecule has 0 amide bonds. The SMILES string of the molecule is C=CCCC(=O)C1SCCSC1CC. The van der Waals surface area contributed by atoms with Gasteiger partial charge < -0.3 is 0 Å². The summed E-state index contributed by atoms with van der Waals surface area (Å²) in [5, 5.41) is 0.796. The van der Waals surface area contributed by atoms with E-state index in [1.165, 1.54) is 5.75 Å². The Balaban J connectivity index is 2.45. The Kier molecular flexibility index (Phi) is 5.71. The molecule has 1 saturated heterocycles. The van der Waals surface area contributed by atoms with Gasteiger partial charge in [0, 0.05) is 23.2 Å². The smallest absolute Gasteiger partial charge is 0.147 e. The molecule has 0 spiro atoms. The molecule has 1 fully saturated rings. The van der Waals surface area contributed by atoms with Crippen molar-refractivity contribution in [3.05, 3.63) is 12.7 Å². The summed E-state index contributed by atoms with van der Waals surface area (Å²) < 4.78 is 0. The number of allylic oxidation sites excluding steroid dienone is 1. The maximum atomic E-state index is 11.8. The molecule has 80 valence electrons. The van der Waals surface area contributed by atoms with E-state index in [1.807, 2.05) is 29.6 Å². The van der Waals surface area contributed by atoms with Gasteiger partial charge in [0.2, 0.25) is 0 Å². The van der Waals surface area contributed by atoms with Crippen LogP contribution < -0.4 is 0 Å². The number of carbonyl (C=O) groups is 1. The Bertz CT molecular complexity index is 203. The molecule has 1 aliphatic heterocycles. The van der Waals surface area contributed by atoms with Crippen LogP contribution in [0.1, 0.15) is 26.2 Å². The van der Waals surface area contributed by atoms with E-state index in [1.54, 1.807) is 0 Å². The number of hydrogen-bond acceptors (Lipinski definition) is 3. The van der Waals surface area contributed by atoms with Gasteiger partial charge in [-0.1, -0.05) is 13.0 Å². The van der Waals surface area contributed by atoms with Crippen LogP contribution in [0.4, 0.5) is 0 Å². The summed E-state index contributed by atoms with van der Waals surface area (Å²) >= 11 is 3.82. The summed E-state index contributed by atoms with van der Waals surface area (Å²) in [6.07, 6.45) is 4.46. The van der Waals surface area contributed by atoms with Crippen LogP contribution in [-0.4, -0.2) is 27.8 Å². The van der Waals surface area contributed by atoms with Crippen LogP contribution in [0.2, 0.25) is 0 Å². The zero-order valence-electron chi connectivity index (χ0n) is 8.70. The van der Waals surface area contributed by atoms with E-state index in [0.29, 0.717) is 17.5 Å². The number of thioether (sulfide) groups is 2. The Morgan fingerprint density at radius 3 is 2.86 bits per heavy atom. The number of Topliss-reactive ketones (excluding diaryl/α,β-unsaturated/α-hetero) is 1. The minimum Gasteiger partial charge on any atom is -0.298 e. The van der Waals surface area contributed by atoms with Gasteiger partial charge in [0.1, 0.15) is 5.78 Å². The van der Waals surface area contributed by atoms with E-state index in [9.17, 15) is 4.79 Å². The molecular weight excluding hydrogens is 212 g/mol. The minimum absolute atomic E-state index is 0.249. The molecule has 0 N–H and O–H groups in total. The van der Waals surface area contributed by atoms with Crippen LogP contribution in [0, 0.1) is 0 Å². The first kappa shape index (κ1) is 12.2. The first-order chi connectivity index (χ1) is 6.79. The molecule has 1 aliphatic rings. The maximum absolute atomic E-state index is 11.8. The average molecular weight is 230 g/mol. The topological polar surface area (TPSA) is 17.1 Å². The van der Waals surface area contributed by atoms with Crippen molar-refractivity contribution in [1.82, 2.24) is 0 Å². The predicted octanol–water partition coefficient (Wildman–Crippen LogP) is 3.15. The Morgan fingerprint density at radius 2 is 2.21 bits per heavy atom. The highest BCUT2D eigenvalue weighted by molar-refractivity contribution is 8.07. The monoisotopic (exact) mass is 230 g/mol. The normalized spacial score (nSPS) is 27.2. The van der Waals surface area contributed by atoms with Crippen LogP contribution in [0.25, 0.3) is 0 Å². The Hall–Kier alpha value is 0.110. The standard InChI is InChI=1S/C11H18OS2/c1-3-5-6-9(12)11-10(4-2)13-7-8-14-11/h3,10-11H,1,4-8H2,2H3.